The average Bonchev–Trinajstić information content (AvgIpc) is 3.37. The quantitative estimate of drug-likeness (QED) is 0.120. The van der Waals surface area contributed by atoms with Crippen LogP contribution in [0.5, 0.6) is 11.5 Å². The summed E-state index contributed by atoms with van der Waals surface area (Å²) in [6.45, 7) is 0.293. The van der Waals surface area contributed by atoms with Crippen molar-refractivity contribution in [3.8, 4) is 22.8 Å². The number of amides is 1. The lowest BCUT2D eigenvalue weighted by Gasteiger charge is -2.14. The smallest absolute Gasteiger partial charge is 0.250 e. The maximum Gasteiger partial charge on any atom is 0.250 e. The minimum atomic E-state index is -0.224. The maximum absolute atomic E-state index is 12.2. The number of nitrogens with one attached hydrogen (secondary N) is 1. The molecule has 0 atom stereocenters. The molecule has 4 rings (SSSR count). The van der Waals surface area contributed by atoms with E-state index in [2.05, 4.69) is 31.4 Å². The van der Waals surface area contributed by atoms with E-state index in [0.29, 0.717) is 27.6 Å². The van der Waals surface area contributed by atoms with Gasteiger partial charge in [-0.2, -0.15) is 5.10 Å². The largest absolute Gasteiger partial charge is 0.493 e. The van der Waals surface area contributed by atoms with Gasteiger partial charge in [-0.3, -0.25) is 4.79 Å². The molecule has 10 heteroatoms. The summed E-state index contributed by atoms with van der Waals surface area (Å²) >= 11 is 12.6. The van der Waals surface area contributed by atoms with Crippen LogP contribution in [-0.2, 0) is 11.4 Å². The van der Waals surface area contributed by atoms with Crippen molar-refractivity contribution in [1.29, 1.82) is 0 Å². The first-order valence-electron chi connectivity index (χ1n) is 10.7. The molecular weight excluding hydrogens is 582 g/mol. The van der Waals surface area contributed by atoms with Crippen molar-refractivity contribution in [3.63, 3.8) is 0 Å². The number of rotatable bonds is 10. The first kappa shape index (κ1) is 26.2. The van der Waals surface area contributed by atoms with Crippen molar-refractivity contribution >= 4 is 62.8 Å². The van der Waals surface area contributed by atoms with Gasteiger partial charge in [0.05, 0.1) is 29.2 Å². The Kier molecular flexibility index (Phi) is 9.41. The number of ether oxygens (including phenoxy) is 2. The van der Waals surface area contributed by atoms with Crippen molar-refractivity contribution in [2.45, 2.75) is 10.9 Å². The number of methoxy groups -OCH3 is 1. The number of hydrogen-bond donors (Lipinski definition) is 1. The van der Waals surface area contributed by atoms with E-state index >= 15 is 0 Å². The molecule has 0 aliphatic heterocycles. The van der Waals surface area contributed by atoms with Gasteiger partial charge in [0.1, 0.15) is 6.61 Å². The molecule has 4 aromatic rings. The van der Waals surface area contributed by atoms with E-state index in [1.807, 2.05) is 66.0 Å². The van der Waals surface area contributed by atoms with Gasteiger partial charge in [-0.1, -0.05) is 71.9 Å². The Balaban J connectivity index is 1.31. The van der Waals surface area contributed by atoms with Gasteiger partial charge in [0.15, 0.2) is 15.8 Å². The number of thiazole rings is 1. The van der Waals surface area contributed by atoms with Crippen molar-refractivity contribution < 1.29 is 14.3 Å². The predicted molar refractivity (Wildman–Crippen MR) is 150 cm³/mol. The molecule has 36 heavy (non-hydrogen) atoms. The van der Waals surface area contributed by atoms with Gasteiger partial charge >= 0.3 is 0 Å². The Bertz CT molecular complexity index is 1370. The van der Waals surface area contributed by atoms with Gasteiger partial charge in [0, 0.05) is 21.5 Å². The number of aromatic nitrogens is 1. The van der Waals surface area contributed by atoms with E-state index in [4.69, 9.17) is 21.1 Å². The minimum Gasteiger partial charge on any atom is -0.493 e. The van der Waals surface area contributed by atoms with Crippen LogP contribution < -0.4 is 14.9 Å². The zero-order valence-electron chi connectivity index (χ0n) is 19.1. The van der Waals surface area contributed by atoms with E-state index in [0.717, 1.165) is 26.7 Å². The van der Waals surface area contributed by atoms with Gasteiger partial charge < -0.3 is 9.47 Å². The van der Waals surface area contributed by atoms with Crippen molar-refractivity contribution in [1.82, 2.24) is 10.4 Å². The highest BCUT2D eigenvalue weighted by atomic mass is 79.9. The Morgan fingerprint density at radius 2 is 1.97 bits per heavy atom. The van der Waals surface area contributed by atoms with E-state index < -0.39 is 0 Å². The molecule has 0 radical (unpaired) electrons. The van der Waals surface area contributed by atoms with Crippen LogP contribution in [0.25, 0.3) is 11.3 Å². The first-order valence-corrected chi connectivity index (χ1v) is 13.8. The van der Waals surface area contributed by atoms with Gasteiger partial charge in [0.2, 0.25) is 0 Å². The fourth-order valence-corrected chi connectivity index (χ4v) is 5.52. The van der Waals surface area contributed by atoms with Crippen LogP contribution in [0, 0.1) is 0 Å². The zero-order chi connectivity index (χ0) is 25.3. The van der Waals surface area contributed by atoms with Crippen LogP contribution in [0.2, 0.25) is 5.02 Å². The SMILES string of the molecule is COc1cc(/C=N/NC(=O)CSc2nc(-c3ccccc3)cs2)cc(Br)c1OCc1ccccc1Cl. The van der Waals surface area contributed by atoms with Crippen LogP contribution in [0.1, 0.15) is 11.1 Å². The molecule has 1 N–H and O–H groups in total. The highest BCUT2D eigenvalue weighted by molar-refractivity contribution is 9.10. The van der Waals surface area contributed by atoms with Crippen LogP contribution in [0.15, 0.2) is 86.0 Å². The molecule has 6 nitrogen and oxygen atoms in total. The number of nitrogens with zero attached hydrogens (tertiary/aromatic N) is 2. The monoisotopic (exact) mass is 601 g/mol. The highest BCUT2D eigenvalue weighted by Crippen LogP contribution is 2.37. The van der Waals surface area contributed by atoms with E-state index in [9.17, 15) is 4.79 Å². The summed E-state index contributed by atoms with van der Waals surface area (Å²) < 4.78 is 13.0. The summed E-state index contributed by atoms with van der Waals surface area (Å²) in [7, 11) is 1.56. The minimum absolute atomic E-state index is 0.209. The Morgan fingerprint density at radius 3 is 2.75 bits per heavy atom. The molecule has 0 fully saturated rings. The number of carbonyl (C=O) groups excluding carboxylic acids is 1. The molecule has 0 saturated carbocycles. The predicted octanol–water partition coefficient (Wildman–Crippen LogP) is 7.06. The summed E-state index contributed by atoms with van der Waals surface area (Å²) in [6, 6.07) is 21.0. The number of benzene rings is 3. The number of hydrazone groups is 1. The lowest BCUT2D eigenvalue weighted by Crippen LogP contribution is -2.19. The summed E-state index contributed by atoms with van der Waals surface area (Å²) in [5, 5.41) is 6.69. The third kappa shape index (κ3) is 7.10. The van der Waals surface area contributed by atoms with Gasteiger partial charge in [-0.25, -0.2) is 10.4 Å². The summed E-state index contributed by atoms with van der Waals surface area (Å²) in [6.07, 6.45) is 1.55. The molecule has 0 aliphatic carbocycles. The number of thioether (sulfide) groups is 1. The normalized spacial score (nSPS) is 11.0. The standard InChI is InChI=1S/C26H21BrClN3O3S2/c1-33-23-12-17(11-20(27)25(23)34-14-19-9-5-6-10-21(19)28)13-29-31-24(32)16-36-26-30-22(15-35-26)18-7-3-2-4-8-18/h2-13,15H,14,16H2,1H3,(H,31,32)/b29-13+. The molecule has 1 amide bonds. The molecule has 184 valence electrons. The van der Waals surface area contributed by atoms with Crippen LogP contribution >= 0.6 is 50.6 Å². The molecule has 3 aromatic carbocycles. The third-order valence-corrected chi connectivity index (χ3v) is 7.84. The second kappa shape index (κ2) is 12.9. The molecule has 0 spiro atoms. The summed E-state index contributed by atoms with van der Waals surface area (Å²) in [4.78, 5) is 16.8. The Labute approximate surface area is 230 Å². The lowest BCUT2D eigenvalue weighted by molar-refractivity contribution is -0.118. The summed E-state index contributed by atoms with van der Waals surface area (Å²) in [5.41, 5.74) is 6.10. The Morgan fingerprint density at radius 1 is 1.19 bits per heavy atom. The highest BCUT2D eigenvalue weighted by Gasteiger charge is 2.13. The molecule has 1 heterocycles. The van der Waals surface area contributed by atoms with Gasteiger partial charge in [-0.05, 0) is 39.7 Å². The topological polar surface area (TPSA) is 72.8 Å². The van der Waals surface area contributed by atoms with E-state index in [1.54, 1.807) is 19.4 Å². The number of halogens is 2. The molecule has 0 unspecified atom stereocenters. The van der Waals surface area contributed by atoms with Gasteiger partial charge in [-0.15, -0.1) is 11.3 Å². The molecule has 0 saturated heterocycles. The molecular formula is C26H21BrClN3O3S2. The van der Waals surface area contributed by atoms with Crippen LogP contribution in [0.3, 0.4) is 0 Å². The second-order valence-corrected chi connectivity index (χ2v) is 10.7. The maximum atomic E-state index is 12.2. The van der Waals surface area contributed by atoms with Crippen LogP contribution in [0.4, 0.5) is 0 Å². The van der Waals surface area contributed by atoms with Gasteiger partial charge in [0.25, 0.3) is 5.91 Å². The lowest BCUT2D eigenvalue weighted by atomic mass is 10.2. The zero-order valence-corrected chi connectivity index (χ0v) is 23.1. The number of hydrogen-bond acceptors (Lipinski definition) is 7. The molecule has 1 aromatic heterocycles. The first-order chi connectivity index (χ1) is 17.5. The fourth-order valence-electron chi connectivity index (χ4n) is 3.12. The van der Waals surface area contributed by atoms with Crippen molar-refractivity contribution in [2.75, 3.05) is 12.9 Å². The average molecular weight is 603 g/mol. The number of carbonyl (C=O) groups is 1. The van der Waals surface area contributed by atoms with Crippen LogP contribution in [-0.4, -0.2) is 30.0 Å². The molecule has 0 aliphatic rings. The van der Waals surface area contributed by atoms with Crippen molar-refractivity contribution in [2.24, 2.45) is 5.10 Å². The van der Waals surface area contributed by atoms with E-state index in [1.165, 1.54) is 23.1 Å². The summed E-state index contributed by atoms with van der Waals surface area (Å²) in [5.74, 6) is 1.06. The molecule has 0 bridgehead atoms. The van der Waals surface area contributed by atoms with E-state index in [-0.39, 0.29) is 11.7 Å². The Hall–Kier alpha value is -2.85. The third-order valence-electron chi connectivity index (χ3n) is 4.86. The van der Waals surface area contributed by atoms with Crippen molar-refractivity contribution in [3.05, 3.63) is 92.7 Å². The fraction of sp³-hybridized carbons (Fsp3) is 0.115. The second-order valence-electron chi connectivity index (χ2n) is 7.36.